The molecule has 0 bridgehead atoms. The van der Waals surface area contributed by atoms with E-state index < -0.39 is 44.9 Å². The van der Waals surface area contributed by atoms with Gasteiger partial charge in [0, 0.05) is 17.7 Å². The Morgan fingerprint density at radius 1 is 0.628 bits per heavy atom. The highest BCUT2D eigenvalue weighted by Crippen LogP contribution is 2.37. The molecule has 2 aliphatic heterocycles. The number of anilines is 2. The number of hydrogen-bond donors (Lipinski definition) is 1. The van der Waals surface area contributed by atoms with Crippen LogP contribution in [0.4, 0.5) is 22.7 Å². The average Bonchev–Trinajstić information content (AvgIpc) is 3.62. The number of hydrogen-bond acceptors (Lipinski definition) is 9. The number of imidazole rings is 1. The van der Waals surface area contributed by atoms with E-state index in [4.69, 9.17) is 0 Å². The van der Waals surface area contributed by atoms with Crippen LogP contribution in [0.2, 0.25) is 0 Å². The van der Waals surface area contributed by atoms with E-state index in [1.807, 2.05) is 0 Å². The first-order chi connectivity index (χ1) is 20.7. The highest BCUT2D eigenvalue weighted by atomic mass is 16.6. The van der Waals surface area contributed by atoms with E-state index in [-0.39, 0.29) is 33.6 Å². The third-order valence-corrected chi connectivity index (χ3v) is 7.30. The summed E-state index contributed by atoms with van der Waals surface area (Å²) in [7, 11) is 0. The van der Waals surface area contributed by atoms with Crippen molar-refractivity contribution >= 4 is 57.4 Å². The van der Waals surface area contributed by atoms with E-state index in [0.717, 1.165) is 9.80 Å². The molecule has 1 aromatic heterocycles. The van der Waals surface area contributed by atoms with Crippen LogP contribution in [0.15, 0.2) is 78.9 Å². The summed E-state index contributed by atoms with van der Waals surface area (Å²) in [6.07, 6.45) is 0. The molecule has 43 heavy (non-hydrogen) atoms. The molecule has 0 unspecified atom stereocenters. The first-order valence-electron chi connectivity index (χ1n) is 12.6. The molecule has 0 radical (unpaired) electrons. The lowest BCUT2D eigenvalue weighted by atomic mass is 10.1. The Labute approximate surface area is 239 Å². The molecule has 0 aliphatic carbocycles. The number of fused-ring (bicyclic) bond motifs is 3. The summed E-state index contributed by atoms with van der Waals surface area (Å²) < 4.78 is 0. The quantitative estimate of drug-likeness (QED) is 0.177. The number of carbonyl (C=O) groups is 4. The Balaban J connectivity index is 1.19. The van der Waals surface area contributed by atoms with Crippen molar-refractivity contribution in [2.75, 3.05) is 9.80 Å². The fraction of sp³-hybridized carbons (Fsp3) is 0. The van der Waals surface area contributed by atoms with Gasteiger partial charge >= 0.3 is 0 Å². The molecule has 4 aromatic carbocycles. The van der Waals surface area contributed by atoms with Gasteiger partial charge in [-0.3, -0.25) is 39.4 Å². The van der Waals surface area contributed by atoms with Gasteiger partial charge in [0.1, 0.15) is 17.0 Å². The maximum Gasteiger partial charge on any atom is 0.283 e. The van der Waals surface area contributed by atoms with Gasteiger partial charge in [-0.1, -0.05) is 12.1 Å². The standard InChI is InChI=1S/C29H14N6O8/c36-26-17-3-1-5-21(34(40)41)23(17)28(38)32(26)15-9-7-14(8-10-15)25-30-19-12-11-16(13-20(19)31-25)33-27(37)18-4-2-6-22(35(42)43)24(18)29(33)39/h1-13H,(H,30,31). The molecule has 3 heterocycles. The summed E-state index contributed by atoms with van der Waals surface area (Å²) in [5.41, 5.74) is 0.399. The van der Waals surface area contributed by atoms with Crippen LogP contribution in [0.3, 0.4) is 0 Å². The number of nitrogens with one attached hydrogen (secondary N) is 1. The molecule has 2 aliphatic rings. The number of imide groups is 2. The lowest BCUT2D eigenvalue weighted by Crippen LogP contribution is -2.29. The highest BCUT2D eigenvalue weighted by Gasteiger charge is 2.43. The van der Waals surface area contributed by atoms with Crippen LogP contribution in [-0.2, 0) is 0 Å². The fourth-order valence-electron chi connectivity index (χ4n) is 5.35. The summed E-state index contributed by atoms with van der Waals surface area (Å²) in [6.45, 7) is 0. The maximum absolute atomic E-state index is 13.1. The molecule has 0 fully saturated rings. The second-order valence-corrected chi connectivity index (χ2v) is 9.64. The van der Waals surface area contributed by atoms with Crippen LogP contribution >= 0.6 is 0 Å². The summed E-state index contributed by atoms with van der Waals surface area (Å²) in [5.74, 6) is -2.56. The number of rotatable bonds is 5. The fourth-order valence-corrected chi connectivity index (χ4v) is 5.35. The van der Waals surface area contributed by atoms with E-state index in [9.17, 15) is 39.4 Å². The summed E-state index contributed by atoms with van der Waals surface area (Å²) >= 11 is 0. The van der Waals surface area contributed by atoms with Crippen molar-refractivity contribution in [3.63, 3.8) is 0 Å². The van der Waals surface area contributed by atoms with Gasteiger partial charge in [-0.2, -0.15) is 0 Å². The van der Waals surface area contributed by atoms with Crippen LogP contribution < -0.4 is 9.80 Å². The smallest absolute Gasteiger partial charge is 0.283 e. The lowest BCUT2D eigenvalue weighted by molar-refractivity contribution is -0.385. The molecule has 1 N–H and O–H groups in total. The van der Waals surface area contributed by atoms with Crippen LogP contribution in [0, 0.1) is 20.2 Å². The van der Waals surface area contributed by atoms with E-state index in [2.05, 4.69) is 9.97 Å². The molecule has 4 amide bonds. The summed E-state index contributed by atoms with van der Waals surface area (Å²) in [6, 6.07) is 18.6. The Bertz CT molecular complexity index is 2140. The topological polar surface area (TPSA) is 190 Å². The van der Waals surface area contributed by atoms with E-state index in [0.29, 0.717) is 22.4 Å². The van der Waals surface area contributed by atoms with Gasteiger partial charge < -0.3 is 4.98 Å². The lowest BCUT2D eigenvalue weighted by Gasteiger charge is -2.14. The number of nitro benzene ring substituents is 2. The molecule has 0 atom stereocenters. The Hall–Kier alpha value is -6.57. The molecule has 0 saturated heterocycles. The Kier molecular flexibility index (Phi) is 5.30. The van der Waals surface area contributed by atoms with Crippen molar-refractivity contribution in [3.05, 3.63) is 121 Å². The zero-order valence-corrected chi connectivity index (χ0v) is 21.5. The van der Waals surface area contributed by atoms with Crippen LogP contribution in [0.25, 0.3) is 22.4 Å². The molecule has 0 saturated carbocycles. The number of benzene rings is 4. The van der Waals surface area contributed by atoms with E-state index >= 15 is 0 Å². The zero-order valence-electron chi connectivity index (χ0n) is 21.5. The van der Waals surface area contributed by atoms with Crippen molar-refractivity contribution in [1.82, 2.24) is 9.97 Å². The van der Waals surface area contributed by atoms with Crippen molar-refractivity contribution < 1.29 is 29.0 Å². The third-order valence-electron chi connectivity index (χ3n) is 7.30. The van der Waals surface area contributed by atoms with Crippen molar-refractivity contribution in [3.8, 4) is 11.4 Å². The maximum atomic E-state index is 13.1. The minimum atomic E-state index is -0.805. The largest absolute Gasteiger partial charge is 0.338 e. The number of aromatic nitrogens is 2. The number of nitro groups is 2. The first-order valence-corrected chi connectivity index (χ1v) is 12.6. The van der Waals surface area contributed by atoms with Crippen molar-refractivity contribution in [2.45, 2.75) is 0 Å². The number of carbonyl (C=O) groups excluding carboxylic acids is 4. The Morgan fingerprint density at radius 3 is 1.67 bits per heavy atom. The van der Waals surface area contributed by atoms with Crippen molar-refractivity contribution in [2.24, 2.45) is 0 Å². The minimum Gasteiger partial charge on any atom is -0.338 e. The SMILES string of the molecule is O=C1c2cccc([N+](=O)[O-])c2C(=O)N1c1ccc(-c2nc3ccc(N4C(=O)c5cccc([N+](=O)[O-])c5C4=O)cc3[nH]2)cc1. The van der Waals surface area contributed by atoms with E-state index in [1.54, 1.807) is 18.2 Å². The summed E-state index contributed by atoms with van der Waals surface area (Å²) in [5, 5.41) is 22.8. The van der Waals surface area contributed by atoms with Gasteiger partial charge in [-0.05, 0) is 54.6 Å². The number of aromatic amines is 1. The predicted molar refractivity (Wildman–Crippen MR) is 150 cm³/mol. The van der Waals surface area contributed by atoms with E-state index in [1.165, 1.54) is 60.7 Å². The van der Waals surface area contributed by atoms with Crippen LogP contribution in [0.5, 0.6) is 0 Å². The molecule has 7 rings (SSSR count). The molecular weight excluding hydrogens is 560 g/mol. The van der Waals surface area contributed by atoms with Gasteiger partial charge in [-0.15, -0.1) is 0 Å². The number of nitrogens with zero attached hydrogens (tertiary/aromatic N) is 5. The van der Waals surface area contributed by atoms with Gasteiger partial charge in [0.25, 0.3) is 35.0 Å². The molecule has 5 aromatic rings. The molecule has 208 valence electrons. The third kappa shape index (κ3) is 3.63. The van der Waals surface area contributed by atoms with Crippen molar-refractivity contribution in [1.29, 1.82) is 0 Å². The second-order valence-electron chi connectivity index (χ2n) is 9.64. The van der Waals surface area contributed by atoms with Crippen LogP contribution in [0.1, 0.15) is 41.4 Å². The highest BCUT2D eigenvalue weighted by molar-refractivity contribution is 6.36. The van der Waals surface area contributed by atoms with Gasteiger partial charge in [0.15, 0.2) is 0 Å². The first kappa shape index (κ1) is 25.4. The normalized spacial score (nSPS) is 14.0. The van der Waals surface area contributed by atoms with Gasteiger partial charge in [0.2, 0.25) is 0 Å². The monoisotopic (exact) mass is 574 g/mol. The molecular formula is C29H14N6O8. The minimum absolute atomic E-state index is 0.0518. The molecule has 14 nitrogen and oxygen atoms in total. The number of amides is 4. The molecule has 14 heteroatoms. The zero-order chi connectivity index (χ0) is 30.2. The molecule has 0 spiro atoms. The van der Waals surface area contributed by atoms with Gasteiger partial charge in [0.05, 0.1) is 43.4 Å². The predicted octanol–water partition coefficient (Wildman–Crippen LogP) is 4.65. The summed E-state index contributed by atoms with van der Waals surface area (Å²) in [4.78, 5) is 82.9. The Morgan fingerprint density at radius 2 is 1.14 bits per heavy atom. The number of H-pyrrole nitrogens is 1. The average molecular weight is 574 g/mol. The van der Waals surface area contributed by atoms with Crippen LogP contribution in [-0.4, -0.2) is 43.4 Å². The van der Waals surface area contributed by atoms with Gasteiger partial charge in [-0.25, -0.2) is 14.8 Å². The second kappa shape index (κ2) is 8.97.